The van der Waals surface area contributed by atoms with Crippen molar-refractivity contribution in [2.45, 2.75) is 63.5 Å². The highest BCUT2D eigenvalue weighted by molar-refractivity contribution is 5.78. The monoisotopic (exact) mass is 370 g/mol. The molecule has 27 heavy (non-hydrogen) atoms. The normalized spacial score (nSPS) is 32.0. The molecule has 0 aliphatic heterocycles. The summed E-state index contributed by atoms with van der Waals surface area (Å²) in [6.45, 7) is 2.30. The molecule has 1 aromatic rings. The zero-order chi connectivity index (χ0) is 18.9. The van der Waals surface area contributed by atoms with Gasteiger partial charge >= 0.3 is 6.03 Å². The third-order valence-electron chi connectivity index (χ3n) is 6.64. The fourth-order valence-corrected chi connectivity index (χ4v) is 5.89. The maximum Gasteiger partial charge on any atom is 0.315 e. The average molecular weight is 370 g/mol. The maximum atomic E-state index is 12.4. The number of urea groups is 1. The Balaban J connectivity index is 1.19. The van der Waals surface area contributed by atoms with Crippen LogP contribution in [0.5, 0.6) is 0 Å². The molecular weight excluding hydrogens is 340 g/mol. The lowest BCUT2D eigenvalue weighted by atomic mass is 9.53. The lowest BCUT2D eigenvalue weighted by Crippen LogP contribution is -2.61. The molecule has 1 unspecified atom stereocenters. The summed E-state index contributed by atoms with van der Waals surface area (Å²) in [6.07, 6.45) is 11.2. The van der Waals surface area contributed by atoms with E-state index in [-0.39, 0.29) is 29.9 Å². The first-order valence-corrected chi connectivity index (χ1v) is 10.3. The van der Waals surface area contributed by atoms with Crippen molar-refractivity contribution < 1.29 is 9.59 Å². The number of rotatable bonds is 6. The van der Waals surface area contributed by atoms with Gasteiger partial charge in [0.25, 0.3) is 0 Å². The predicted octanol–water partition coefficient (Wildman–Crippen LogP) is 2.92. The standard InChI is InChI=1S/C21H30N4O2/c1-14(18-2-5-22-6-3-18)24-19(26)4-7-23-20(27)25-21-11-15-8-16(12-21)10-17(9-15)13-21/h2-3,5-6,14-17H,4,7-13H2,1H3,(H,24,26)(H2,23,25,27). The third kappa shape index (κ3) is 4.25. The van der Waals surface area contributed by atoms with Gasteiger partial charge in [-0.05, 0) is 80.9 Å². The number of carbonyl (C=O) groups excluding carboxylic acids is 2. The maximum absolute atomic E-state index is 12.4. The molecule has 3 N–H and O–H groups in total. The second-order valence-electron chi connectivity index (χ2n) is 8.90. The molecule has 0 spiro atoms. The Morgan fingerprint density at radius 3 is 2.30 bits per heavy atom. The number of amides is 3. The van der Waals surface area contributed by atoms with Crippen LogP contribution in [0.2, 0.25) is 0 Å². The Morgan fingerprint density at radius 2 is 1.70 bits per heavy atom. The van der Waals surface area contributed by atoms with E-state index in [4.69, 9.17) is 0 Å². The second kappa shape index (κ2) is 7.49. The van der Waals surface area contributed by atoms with Gasteiger partial charge in [-0.15, -0.1) is 0 Å². The first-order valence-electron chi connectivity index (χ1n) is 10.3. The van der Waals surface area contributed by atoms with Crippen LogP contribution in [0.3, 0.4) is 0 Å². The molecule has 3 amide bonds. The highest BCUT2D eigenvalue weighted by atomic mass is 16.2. The van der Waals surface area contributed by atoms with Gasteiger partial charge < -0.3 is 16.0 Å². The van der Waals surface area contributed by atoms with Crippen LogP contribution < -0.4 is 16.0 Å². The molecule has 1 aromatic heterocycles. The van der Waals surface area contributed by atoms with E-state index in [1.165, 1.54) is 19.3 Å². The van der Waals surface area contributed by atoms with E-state index in [9.17, 15) is 9.59 Å². The summed E-state index contributed by atoms with van der Waals surface area (Å²) in [5.74, 6) is 2.35. The Labute approximate surface area is 160 Å². The minimum Gasteiger partial charge on any atom is -0.350 e. The number of nitrogens with one attached hydrogen (secondary N) is 3. The Bertz CT molecular complexity index is 655. The van der Waals surface area contributed by atoms with Crippen LogP contribution in [0.15, 0.2) is 24.5 Å². The van der Waals surface area contributed by atoms with Crippen LogP contribution in [0.4, 0.5) is 4.79 Å². The summed E-state index contributed by atoms with van der Waals surface area (Å²) in [6, 6.07) is 3.60. The fraction of sp³-hybridized carbons (Fsp3) is 0.667. The van der Waals surface area contributed by atoms with Gasteiger partial charge in [-0.25, -0.2) is 4.79 Å². The van der Waals surface area contributed by atoms with Gasteiger partial charge in [0.1, 0.15) is 0 Å². The zero-order valence-corrected chi connectivity index (χ0v) is 16.0. The van der Waals surface area contributed by atoms with E-state index in [0.29, 0.717) is 6.54 Å². The molecule has 4 saturated carbocycles. The lowest BCUT2D eigenvalue weighted by molar-refractivity contribution is -0.121. The minimum absolute atomic E-state index is 0.0109. The average Bonchev–Trinajstić information content (AvgIpc) is 2.60. The number of hydrogen-bond donors (Lipinski definition) is 3. The largest absolute Gasteiger partial charge is 0.350 e. The van der Waals surface area contributed by atoms with Gasteiger partial charge in [0.05, 0.1) is 6.04 Å². The summed E-state index contributed by atoms with van der Waals surface area (Å²) < 4.78 is 0. The van der Waals surface area contributed by atoms with Gasteiger partial charge in [0, 0.05) is 30.9 Å². The van der Waals surface area contributed by atoms with Crippen molar-refractivity contribution in [1.82, 2.24) is 20.9 Å². The van der Waals surface area contributed by atoms with E-state index in [2.05, 4.69) is 20.9 Å². The molecule has 0 saturated heterocycles. The topological polar surface area (TPSA) is 83.1 Å². The molecular formula is C21H30N4O2. The SMILES string of the molecule is CC(NC(=O)CCNC(=O)NC12CC3CC(CC(C3)C1)C2)c1ccncc1. The molecule has 0 aromatic carbocycles. The number of hydrogen-bond acceptors (Lipinski definition) is 3. The quantitative estimate of drug-likeness (QED) is 0.720. The molecule has 5 rings (SSSR count). The Morgan fingerprint density at radius 1 is 1.11 bits per heavy atom. The Kier molecular flexibility index (Phi) is 5.06. The highest BCUT2D eigenvalue weighted by Gasteiger charge is 2.51. The number of pyridine rings is 1. The molecule has 6 heteroatoms. The van der Waals surface area contributed by atoms with Crippen LogP contribution in [0, 0.1) is 17.8 Å². The van der Waals surface area contributed by atoms with Gasteiger partial charge in [-0.3, -0.25) is 9.78 Å². The summed E-state index contributed by atoms with van der Waals surface area (Å²) in [7, 11) is 0. The molecule has 146 valence electrons. The summed E-state index contributed by atoms with van der Waals surface area (Å²) in [4.78, 5) is 28.5. The molecule has 0 radical (unpaired) electrons. The van der Waals surface area contributed by atoms with Crippen molar-refractivity contribution >= 4 is 11.9 Å². The van der Waals surface area contributed by atoms with Crippen molar-refractivity contribution in [1.29, 1.82) is 0 Å². The van der Waals surface area contributed by atoms with Crippen LogP contribution in [0.1, 0.15) is 63.5 Å². The molecule has 1 heterocycles. The molecule has 6 nitrogen and oxygen atoms in total. The third-order valence-corrected chi connectivity index (χ3v) is 6.64. The molecule has 4 aliphatic rings. The van der Waals surface area contributed by atoms with E-state index < -0.39 is 0 Å². The van der Waals surface area contributed by atoms with E-state index in [1.54, 1.807) is 12.4 Å². The molecule has 4 aliphatic carbocycles. The van der Waals surface area contributed by atoms with Crippen molar-refractivity contribution in [2.75, 3.05) is 6.54 Å². The summed E-state index contributed by atoms with van der Waals surface area (Å²) in [5, 5.41) is 9.11. The fourth-order valence-electron chi connectivity index (χ4n) is 5.89. The van der Waals surface area contributed by atoms with Gasteiger partial charge in [0.15, 0.2) is 0 Å². The van der Waals surface area contributed by atoms with Crippen LogP contribution in [-0.2, 0) is 4.79 Å². The smallest absolute Gasteiger partial charge is 0.315 e. The van der Waals surface area contributed by atoms with Gasteiger partial charge in [-0.1, -0.05) is 0 Å². The summed E-state index contributed by atoms with van der Waals surface area (Å²) in [5.41, 5.74) is 1.03. The van der Waals surface area contributed by atoms with Crippen molar-refractivity contribution in [2.24, 2.45) is 17.8 Å². The van der Waals surface area contributed by atoms with E-state index in [1.807, 2.05) is 19.1 Å². The number of aromatic nitrogens is 1. The zero-order valence-electron chi connectivity index (χ0n) is 16.0. The van der Waals surface area contributed by atoms with Crippen LogP contribution >= 0.6 is 0 Å². The molecule has 1 atom stereocenters. The highest BCUT2D eigenvalue weighted by Crippen LogP contribution is 2.55. The van der Waals surface area contributed by atoms with Crippen molar-refractivity contribution in [3.05, 3.63) is 30.1 Å². The first kappa shape index (κ1) is 18.3. The van der Waals surface area contributed by atoms with Crippen LogP contribution in [-0.4, -0.2) is 29.0 Å². The predicted molar refractivity (Wildman–Crippen MR) is 103 cm³/mol. The Hall–Kier alpha value is -2.11. The molecule has 4 fully saturated rings. The molecule has 4 bridgehead atoms. The minimum atomic E-state index is -0.119. The van der Waals surface area contributed by atoms with Crippen LogP contribution in [0.25, 0.3) is 0 Å². The second-order valence-corrected chi connectivity index (χ2v) is 8.90. The summed E-state index contributed by atoms with van der Waals surface area (Å²) >= 11 is 0. The van der Waals surface area contributed by atoms with Crippen molar-refractivity contribution in [3.63, 3.8) is 0 Å². The first-order chi connectivity index (χ1) is 13.0. The lowest BCUT2D eigenvalue weighted by Gasteiger charge is -2.56. The van der Waals surface area contributed by atoms with Crippen molar-refractivity contribution in [3.8, 4) is 0 Å². The van der Waals surface area contributed by atoms with Gasteiger partial charge in [-0.2, -0.15) is 0 Å². The van der Waals surface area contributed by atoms with E-state index in [0.717, 1.165) is 42.6 Å². The van der Waals surface area contributed by atoms with Gasteiger partial charge in [0.2, 0.25) is 5.91 Å². The van der Waals surface area contributed by atoms with E-state index >= 15 is 0 Å². The number of nitrogens with zero attached hydrogens (tertiary/aromatic N) is 1. The number of carbonyl (C=O) groups is 2.